The Kier molecular flexibility index (Phi) is 3.43. The van der Waals surface area contributed by atoms with Gasteiger partial charge in [-0.1, -0.05) is 0 Å². The molecule has 4 aliphatic rings. The lowest BCUT2D eigenvalue weighted by molar-refractivity contribution is -0.124. The van der Waals surface area contributed by atoms with Gasteiger partial charge in [0.25, 0.3) is 0 Å². The van der Waals surface area contributed by atoms with Gasteiger partial charge < -0.3 is 10.4 Å². The average Bonchev–Trinajstić information content (AvgIpc) is 2.93. The summed E-state index contributed by atoms with van der Waals surface area (Å²) in [4.78, 5) is 23.0. The molecule has 23 heavy (non-hydrogen) atoms. The van der Waals surface area contributed by atoms with Crippen molar-refractivity contribution in [1.29, 1.82) is 0 Å². The van der Waals surface area contributed by atoms with Gasteiger partial charge in [0.05, 0.1) is 0 Å². The number of amides is 1. The largest absolute Gasteiger partial charge is 0.476 e. The highest BCUT2D eigenvalue weighted by molar-refractivity contribution is 5.85. The number of carbonyl (C=O) groups is 2. The van der Waals surface area contributed by atoms with E-state index in [0.29, 0.717) is 5.41 Å². The Morgan fingerprint density at radius 3 is 2.35 bits per heavy atom. The SMILES string of the molecule is O=C(Cn1ccc(C(=O)O)n1)NCC12CC3CC(CC(C3)C1)C2. The molecule has 4 aliphatic carbocycles. The number of aromatic nitrogens is 2. The van der Waals surface area contributed by atoms with E-state index in [-0.39, 0.29) is 18.1 Å². The van der Waals surface area contributed by atoms with Gasteiger partial charge in [-0.3, -0.25) is 9.48 Å². The van der Waals surface area contributed by atoms with Crippen molar-refractivity contribution in [3.8, 4) is 0 Å². The molecule has 6 nitrogen and oxygen atoms in total. The molecule has 0 aliphatic heterocycles. The van der Waals surface area contributed by atoms with Crippen molar-refractivity contribution in [1.82, 2.24) is 15.1 Å². The highest BCUT2D eigenvalue weighted by atomic mass is 16.4. The third-order valence-electron chi connectivity index (χ3n) is 5.99. The number of carboxylic acid groups (broad SMARTS) is 1. The summed E-state index contributed by atoms with van der Waals surface area (Å²) in [6.07, 6.45) is 9.54. The van der Waals surface area contributed by atoms with Gasteiger partial charge in [0.1, 0.15) is 6.54 Å². The minimum atomic E-state index is -1.07. The lowest BCUT2D eigenvalue weighted by atomic mass is 9.49. The first-order chi connectivity index (χ1) is 11.0. The summed E-state index contributed by atoms with van der Waals surface area (Å²) in [5, 5.41) is 15.8. The van der Waals surface area contributed by atoms with Gasteiger partial charge in [0.15, 0.2) is 5.69 Å². The van der Waals surface area contributed by atoms with Crippen LogP contribution in [-0.2, 0) is 11.3 Å². The van der Waals surface area contributed by atoms with E-state index in [1.807, 2.05) is 0 Å². The molecule has 1 aromatic rings. The van der Waals surface area contributed by atoms with Crippen LogP contribution in [0.15, 0.2) is 12.3 Å². The fourth-order valence-electron chi connectivity index (χ4n) is 5.56. The average molecular weight is 317 g/mol. The molecule has 1 heterocycles. The molecule has 4 saturated carbocycles. The van der Waals surface area contributed by atoms with Crippen LogP contribution in [0.5, 0.6) is 0 Å². The summed E-state index contributed by atoms with van der Waals surface area (Å²) in [6.45, 7) is 0.849. The molecule has 4 bridgehead atoms. The van der Waals surface area contributed by atoms with Crippen molar-refractivity contribution < 1.29 is 14.7 Å². The van der Waals surface area contributed by atoms with E-state index in [4.69, 9.17) is 5.11 Å². The van der Waals surface area contributed by atoms with Gasteiger partial charge >= 0.3 is 5.97 Å². The number of hydrogen-bond acceptors (Lipinski definition) is 3. The molecule has 1 aromatic heterocycles. The molecule has 124 valence electrons. The lowest BCUT2D eigenvalue weighted by Gasteiger charge is -2.56. The number of nitrogens with zero attached hydrogens (tertiary/aromatic N) is 2. The third-order valence-corrected chi connectivity index (χ3v) is 5.99. The fourth-order valence-corrected chi connectivity index (χ4v) is 5.56. The first-order valence-corrected chi connectivity index (χ1v) is 8.55. The molecule has 0 aromatic carbocycles. The topological polar surface area (TPSA) is 84.2 Å². The van der Waals surface area contributed by atoms with Gasteiger partial charge in [-0.2, -0.15) is 5.10 Å². The fraction of sp³-hybridized carbons (Fsp3) is 0.706. The highest BCUT2D eigenvalue weighted by Gasteiger charge is 2.50. The van der Waals surface area contributed by atoms with Crippen LogP contribution in [0.3, 0.4) is 0 Å². The number of aromatic carboxylic acids is 1. The van der Waals surface area contributed by atoms with Crippen molar-refractivity contribution >= 4 is 11.9 Å². The van der Waals surface area contributed by atoms with Gasteiger partial charge in [-0.15, -0.1) is 0 Å². The van der Waals surface area contributed by atoms with E-state index in [2.05, 4.69) is 10.4 Å². The maximum Gasteiger partial charge on any atom is 0.356 e. The highest BCUT2D eigenvalue weighted by Crippen LogP contribution is 2.59. The van der Waals surface area contributed by atoms with Gasteiger partial charge in [-0.25, -0.2) is 4.79 Å². The molecular formula is C17H23N3O3. The summed E-state index contributed by atoms with van der Waals surface area (Å²) >= 11 is 0. The molecule has 0 spiro atoms. The molecule has 5 rings (SSSR count). The Bertz CT molecular complexity index is 601. The maximum absolute atomic E-state index is 12.2. The van der Waals surface area contributed by atoms with Crippen molar-refractivity contribution in [2.75, 3.05) is 6.54 Å². The molecule has 0 saturated heterocycles. The van der Waals surface area contributed by atoms with Crippen LogP contribution in [0.1, 0.15) is 49.0 Å². The van der Waals surface area contributed by atoms with E-state index in [0.717, 1.165) is 24.3 Å². The molecule has 0 atom stereocenters. The normalized spacial score (nSPS) is 34.5. The Morgan fingerprint density at radius 2 is 1.83 bits per heavy atom. The van der Waals surface area contributed by atoms with Gasteiger partial charge in [0.2, 0.25) is 5.91 Å². The molecular weight excluding hydrogens is 294 g/mol. The summed E-state index contributed by atoms with van der Waals surface area (Å²) in [6, 6.07) is 1.41. The van der Waals surface area contributed by atoms with E-state index >= 15 is 0 Å². The lowest BCUT2D eigenvalue weighted by Crippen LogP contribution is -2.51. The van der Waals surface area contributed by atoms with Crippen LogP contribution in [-0.4, -0.2) is 33.3 Å². The number of rotatable bonds is 5. The molecule has 6 heteroatoms. The first kappa shape index (κ1) is 14.7. The van der Waals surface area contributed by atoms with Crippen LogP contribution < -0.4 is 5.32 Å². The number of carboxylic acids is 1. The minimum absolute atomic E-state index is 0.0288. The van der Waals surface area contributed by atoms with Gasteiger partial charge in [0, 0.05) is 12.7 Å². The van der Waals surface area contributed by atoms with Crippen LogP contribution >= 0.6 is 0 Å². The quantitative estimate of drug-likeness (QED) is 0.869. The van der Waals surface area contributed by atoms with Crippen LogP contribution in [0, 0.1) is 23.2 Å². The van der Waals surface area contributed by atoms with Crippen LogP contribution in [0.4, 0.5) is 0 Å². The monoisotopic (exact) mass is 317 g/mol. The zero-order valence-corrected chi connectivity index (χ0v) is 13.2. The summed E-state index contributed by atoms with van der Waals surface area (Å²) in [5.74, 6) is 1.48. The van der Waals surface area contributed by atoms with Crippen molar-refractivity contribution in [2.24, 2.45) is 23.2 Å². The Labute approximate surface area is 135 Å². The predicted octanol–water partition coefficient (Wildman–Crippen LogP) is 1.91. The van der Waals surface area contributed by atoms with Crippen molar-refractivity contribution in [3.05, 3.63) is 18.0 Å². The second-order valence-electron chi connectivity index (χ2n) is 7.90. The smallest absolute Gasteiger partial charge is 0.356 e. The molecule has 1 amide bonds. The number of hydrogen-bond donors (Lipinski definition) is 2. The van der Waals surface area contributed by atoms with Crippen molar-refractivity contribution in [2.45, 2.75) is 45.1 Å². The molecule has 2 N–H and O–H groups in total. The standard InChI is InChI=1S/C17H23N3O3/c21-15(9-20-2-1-14(19-20)16(22)23)18-10-17-6-11-3-12(7-17)5-13(4-11)8-17/h1-2,11-13H,3-10H2,(H,18,21)(H,22,23). The van der Waals surface area contributed by atoms with E-state index in [1.165, 1.54) is 55.5 Å². The Hall–Kier alpha value is -1.85. The van der Waals surface area contributed by atoms with E-state index in [9.17, 15) is 9.59 Å². The predicted molar refractivity (Wildman–Crippen MR) is 82.8 cm³/mol. The van der Waals surface area contributed by atoms with Crippen LogP contribution in [0.2, 0.25) is 0 Å². The third kappa shape index (κ3) is 2.86. The Morgan fingerprint density at radius 1 is 1.22 bits per heavy atom. The van der Waals surface area contributed by atoms with E-state index < -0.39 is 5.97 Å². The van der Waals surface area contributed by atoms with Gasteiger partial charge in [-0.05, 0) is 67.8 Å². The number of carbonyl (C=O) groups excluding carboxylic acids is 1. The molecule has 0 radical (unpaired) electrons. The summed E-state index contributed by atoms with van der Waals surface area (Å²) in [7, 11) is 0. The first-order valence-electron chi connectivity index (χ1n) is 8.55. The maximum atomic E-state index is 12.2. The zero-order valence-electron chi connectivity index (χ0n) is 13.2. The van der Waals surface area contributed by atoms with Crippen LogP contribution in [0.25, 0.3) is 0 Å². The summed E-state index contributed by atoms with van der Waals surface area (Å²) < 4.78 is 1.39. The second-order valence-corrected chi connectivity index (χ2v) is 7.90. The Balaban J connectivity index is 1.33. The number of nitrogens with one attached hydrogen (secondary N) is 1. The van der Waals surface area contributed by atoms with E-state index in [1.54, 1.807) is 0 Å². The second kappa shape index (κ2) is 5.35. The molecule has 0 unspecified atom stereocenters. The zero-order chi connectivity index (χ0) is 16.0. The summed E-state index contributed by atoms with van der Waals surface area (Å²) in [5.41, 5.74) is 0.291. The van der Waals surface area contributed by atoms with Crippen molar-refractivity contribution in [3.63, 3.8) is 0 Å². The minimum Gasteiger partial charge on any atom is -0.476 e. The molecule has 4 fully saturated rings.